The fourth-order valence-electron chi connectivity index (χ4n) is 0.921. The van der Waals surface area contributed by atoms with E-state index in [2.05, 4.69) is 10.5 Å². The number of amides is 2. The number of hydrazone groups is 1. The second-order valence-electron chi connectivity index (χ2n) is 2.89. The monoisotopic (exact) mass is 223 g/mol. The van der Waals surface area contributed by atoms with Crippen LogP contribution in [0, 0.1) is 0 Å². The molecule has 0 aromatic rings. The molecule has 0 atom stereocenters. The lowest BCUT2D eigenvalue weighted by Gasteiger charge is -2.13. The molecule has 2 N–H and O–H groups in total. The molecule has 0 aromatic heterocycles. The Hall–Kier alpha value is -1.60. The van der Waals surface area contributed by atoms with Crippen molar-refractivity contribution in [1.82, 2.24) is 10.7 Å². The summed E-state index contributed by atoms with van der Waals surface area (Å²) in [5.74, 6) is -2.30. The first kappa shape index (κ1) is 11.5. The smallest absolute Gasteiger partial charge is 0.343 e. The highest BCUT2D eigenvalue weighted by molar-refractivity contribution is 5.96. The third-order valence-electron chi connectivity index (χ3n) is 1.69. The molecule has 15 heavy (non-hydrogen) atoms. The number of carbonyl (C=O) groups is 2. The van der Waals surface area contributed by atoms with Crippen molar-refractivity contribution in [1.29, 1.82) is 0 Å². The predicted molar refractivity (Wildman–Crippen MR) is 43.9 cm³/mol. The largest absolute Gasteiger partial charge is 0.471 e. The van der Waals surface area contributed by atoms with Crippen LogP contribution in [-0.2, 0) is 9.59 Å². The van der Waals surface area contributed by atoms with E-state index in [1.807, 2.05) is 0 Å². The molecule has 0 fully saturated rings. The predicted octanol–water partition coefficient (Wildman–Crippen LogP) is -0.0691. The van der Waals surface area contributed by atoms with E-state index < -0.39 is 12.1 Å². The Bertz CT molecular complexity index is 311. The molecule has 1 heterocycles. The summed E-state index contributed by atoms with van der Waals surface area (Å²) in [7, 11) is 0. The number of hydrogen-bond donors (Lipinski definition) is 2. The van der Waals surface area contributed by atoms with Gasteiger partial charge in [0.2, 0.25) is 5.91 Å². The lowest BCUT2D eigenvalue weighted by atomic mass is 10.2. The summed E-state index contributed by atoms with van der Waals surface area (Å²) in [5.41, 5.74) is 2.42. The first-order valence-electron chi connectivity index (χ1n) is 4.09. The maximum absolute atomic E-state index is 11.7. The topological polar surface area (TPSA) is 70.6 Å². The zero-order valence-electron chi connectivity index (χ0n) is 7.52. The van der Waals surface area contributed by atoms with Crippen LogP contribution in [0.5, 0.6) is 0 Å². The summed E-state index contributed by atoms with van der Waals surface area (Å²) >= 11 is 0. The summed E-state index contributed by atoms with van der Waals surface area (Å²) in [6.45, 7) is -0.307. The molecule has 0 aromatic carbocycles. The van der Waals surface area contributed by atoms with Crippen LogP contribution in [0.3, 0.4) is 0 Å². The Morgan fingerprint density at radius 1 is 1.47 bits per heavy atom. The molecule has 0 radical (unpaired) electrons. The van der Waals surface area contributed by atoms with Gasteiger partial charge < -0.3 is 5.32 Å². The van der Waals surface area contributed by atoms with Gasteiger partial charge in [-0.05, 0) is 6.42 Å². The van der Waals surface area contributed by atoms with Crippen LogP contribution in [0.4, 0.5) is 13.2 Å². The number of rotatable bonds is 2. The molecule has 1 aliphatic heterocycles. The normalized spacial score (nSPS) is 16.7. The van der Waals surface area contributed by atoms with Crippen LogP contribution < -0.4 is 10.7 Å². The van der Waals surface area contributed by atoms with Crippen molar-refractivity contribution in [3.8, 4) is 0 Å². The summed E-state index contributed by atoms with van der Waals surface area (Å²) in [6, 6.07) is 0. The summed E-state index contributed by atoms with van der Waals surface area (Å²) in [5, 5.41) is 5.16. The van der Waals surface area contributed by atoms with Gasteiger partial charge in [0.05, 0.1) is 12.3 Å². The van der Waals surface area contributed by atoms with Crippen molar-refractivity contribution >= 4 is 17.5 Å². The van der Waals surface area contributed by atoms with Gasteiger partial charge in [0.15, 0.2) is 0 Å². The van der Waals surface area contributed by atoms with E-state index in [0.29, 0.717) is 5.71 Å². The molecular formula is C7H8F3N3O2. The van der Waals surface area contributed by atoms with Gasteiger partial charge >= 0.3 is 12.1 Å². The SMILES string of the molecule is O=C1CCC(CNC(=O)C(F)(F)F)=NN1. The fourth-order valence-corrected chi connectivity index (χ4v) is 0.921. The first-order valence-corrected chi connectivity index (χ1v) is 4.09. The standard InChI is InChI=1S/C7H8F3N3O2/c8-7(9,10)6(15)11-3-4-1-2-5(14)13-12-4/h1-3H2,(H,11,15)(H,13,14). The van der Waals surface area contributed by atoms with E-state index in [4.69, 9.17) is 0 Å². The van der Waals surface area contributed by atoms with Crippen molar-refractivity contribution in [2.24, 2.45) is 5.10 Å². The Labute approximate surface area is 82.7 Å². The summed E-state index contributed by atoms with van der Waals surface area (Å²) in [4.78, 5) is 21.0. The van der Waals surface area contributed by atoms with Crippen LogP contribution in [0.1, 0.15) is 12.8 Å². The summed E-state index contributed by atoms with van der Waals surface area (Å²) in [6.07, 6.45) is -4.47. The fraction of sp³-hybridized carbons (Fsp3) is 0.571. The highest BCUT2D eigenvalue weighted by Crippen LogP contribution is 2.13. The Morgan fingerprint density at radius 3 is 2.60 bits per heavy atom. The zero-order chi connectivity index (χ0) is 11.5. The van der Waals surface area contributed by atoms with Gasteiger partial charge in [-0.15, -0.1) is 0 Å². The molecule has 0 aliphatic carbocycles. The second-order valence-corrected chi connectivity index (χ2v) is 2.89. The number of halogens is 3. The molecule has 0 saturated heterocycles. The minimum Gasteiger partial charge on any atom is -0.343 e. The average Bonchev–Trinajstić information content (AvgIpc) is 2.15. The number of hydrogen-bond acceptors (Lipinski definition) is 3. The van der Waals surface area contributed by atoms with Gasteiger partial charge in [0, 0.05) is 6.42 Å². The lowest BCUT2D eigenvalue weighted by Crippen LogP contribution is -2.41. The third-order valence-corrected chi connectivity index (χ3v) is 1.69. The molecule has 8 heteroatoms. The highest BCUT2D eigenvalue weighted by atomic mass is 19.4. The zero-order valence-corrected chi connectivity index (χ0v) is 7.52. The van der Waals surface area contributed by atoms with Crippen molar-refractivity contribution in [2.45, 2.75) is 19.0 Å². The van der Waals surface area contributed by atoms with Crippen LogP contribution in [0.2, 0.25) is 0 Å². The molecule has 5 nitrogen and oxygen atoms in total. The maximum atomic E-state index is 11.7. The van der Waals surface area contributed by atoms with Crippen molar-refractivity contribution in [2.75, 3.05) is 6.54 Å². The minimum atomic E-state index is -4.89. The quantitative estimate of drug-likeness (QED) is 0.688. The van der Waals surface area contributed by atoms with Crippen LogP contribution in [-0.4, -0.2) is 30.2 Å². The second kappa shape index (κ2) is 4.28. The van der Waals surface area contributed by atoms with E-state index in [0.717, 1.165) is 0 Å². The molecule has 0 saturated carbocycles. The average molecular weight is 223 g/mol. The van der Waals surface area contributed by atoms with Crippen LogP contribution >= 0.6 is 0 Å². The van der Waals surface area contributed by atoms with Crippen molar-refractivity contribution < 1.29 is 22.8 Å². The molecule has 1 rings (SSSR count). The molecule has 0 bridgehead atoms. The third kappa shape index (κ3) is 3.56. The van der Waals surface area contributed by atoms with E-state index in [1.165, 1.54) is 0 Å². The Balaban J connectivity index is 2.38. The Morgan fingerprint density at radius 2 is 2.13 bits per heavy atom. The molecule has 0 unspecified atom stereocenters. The van der Waals surface area contributed by atoms with E-state index in [1.54, 1.807) is 5.32 Å². The maximum Gasteiger partial charge on any atom is 0.471 e. The highest BCUT2D eigenvalue weighted by Gasteiger charge is 2.38. The molecule has 84 valence electrons. The van der Waals surface area contributed by atoms with E-state index in [9.17, 15) is 22.8 Å². The van der Waals surface area contributed by atoms with Gasteiger partial charge in [0.25, 0.3) is 0 Å². The number of nitrogens with zero attached hydrogens (tertiary/aromatic N) is 1. The van der Waals surface area contributed by atoms with Crippen molar-refractivity contribution in [3.05, 3.63) is 0 Å². The molecule has 2 amide bonds. The van der Waals surface area contributed by atoms with Gasteiger partial charge in [-0.1, -0.05) is 0 Å². The first-order chi connectivity index (χ1) is 6.89. The molecule has 0 spiro atoms. The summed E-state index contributed by atoms with van der Waals surface area (Å²) < 4.78 is 35.2. The van der Waals surface area contributed by atoms with Crippen molar-refractivity contribution in [3.63, 3.8) is 0 Å². The number of alkyl halides is 3. The lowest BCUT2D eigenvalue weighted by molar-refractivity contribution is -0.173. The van der Waals surface area contributed by atoms with Gasteiger partial charge in [-0.3, -0.25) is 9.59 Å². The van der Waals surface area contributed by atoms with Crippen LogP contribution in [0.25, 0.3) is 0 Å². The minimum absolute atomic E-state index is 0.167. The van der Waals surface area contributed by atoms with Gasteiger partial charge in [-0.25, -0.2) is 5.43 Å². The number of carbonyl (C=O) groups excluding carboxylic acids is 2. The van der Waals surface area contributed by atoms with E-state index in [-0.39, 0.29) is 25.3 Å². The van der Waals surface area contributed by atoms with Gasteiger partial charge in [0.1, 0.15) is 0 Å². The Kier molecular flexibility index (Phi) is 3.28. The molecular weight excluding hydrogens is 215 g/mol. The molecule has 1 aliphatic rings. The van der Waals surface area contributed by atoms with Gasteiger partial charge in [-0.2, -0.15) is 18.3 Å². The number of nitrogens with one attached hydrogen (secondary N) is 2. The van der Waals surface area contributed by atoms with Crippen LogP contribution in [0.15, 0.2) is 5.10 Å². The van der Waals surface area contributed by atoms with E-state index >= 15 is 0 Å².